The number of benzene rings is 1. The van der Waals surface area contributed by atoms with Crippen molar-refractivity contribution in [1.82, 2.24) is 5.32 Å². The average Bonchev–Trinajstić information content (AvgIpc) is 2.54. The number of rotatable bonds is 3. The summed E-state index contributed by atoms with van der Waals surface area (Å²) < 4.78 is 0. The monoisotopic (exact) mass is 262 g/mol. The average molecular weight is 262 g/mol. The Morgan fingerprint density at radius 1 is 1.47 bits per heavy atom. The molecule has 2 N–H and O–H groups in total. The quantitative estimate of drug-likeness (QED) is 0.874. The zero-order valence-electron chi connectivity index (χ0n) is 11.6. The Kier molecular flexibility index (Phi) is 4.43. The summed E-state index contributed by atoms with van der Waals surface area (Å²) in [6.07, 6.45) is 1.23. The molecule has 1 unspecified atom stereocenters. The molecule has 1 saturated heterocycles. The van der Waals surface area contributed by atoms with Gasteiger partial charge >= 0.3 is 5.97 Å². The third-order valence-electron chi connectivity index (χ3n) is 3.65. The van der Waals surface area contributed by atoms with Crippen LogP contribution in [-0.2, 0) is 4.79 Å². The van der Waals surface area contributed by atoms with Gasteiger partial charge in [-0.2, -0.15) is 0 Å². The highest BCUT2D eigenvalue weighted by Crippen LogP contribution is 2.25. The van der Waals surface area contributed by atoms with Crippen molar-refractivity contribution in [3.8, 4) is 0 Å². The first kappa shape index (κ1) is 13.9. The molecule has 4 nitrogen and oxygen atoms in total. The second-order valence-corrected chi connectivity index (χ2v) is 5.29. The molecule has 1 aromatic carbocycles. The molecule has 19 heavy (non-hydrogen) atoms. The van der Waals surface area contributed by atoms with E-state index in [9.17, 15) is 4.79 Å². The number of hydrogen-bond donors (Lipinski definition) is 2. The Hall–Kier alpha value is -1.55. The van der Waals surface area contributed by atoms with Crippen molar-refractivity contribution in [2.75, 3.05) is 24.5 Å². The van der Waals surface area contributed by atoms with Crippen molar-refractivity contribution < 1.29 is 9.90 Å². The molecule has 1 heterocycles. The van der Waals surface area contributed by atoms with Crippen LogP contribution >= 0.6 is 0 Å². The third-order valence-corrected chi connectivity index (χ3v) is 3.65. The summed E-state index contributed by atoms with van der Waals surface area (Å²) in [5, 5.41) is 12.4. The number of carboxylic acids is 1. The Bertz CT molecular complexity index is 459. The maximum Gasteiger partial charge on any atom is 0.305 e. The van der Waals surface area contributed by atoms with Crippen LogP contribution in [0.3, 0.4) is 0 Å². The van der Waals surface area contributed by atoms with Crippen LogP contribution in [0.15, 0.2) is 18.2 Å². The predicted molar refractivity (Wildman–Crippen MR) is 76.8 cm³/mol. The maximum absolute atomic E-state index is 11.0. The first-order valence-electron chi connectivity index (χ1n) is 6.84. The summed E-state index contributed by atoms with van der Waals surface area (Å²) in [5.74, 6) is -0.733. The van der Waals surface area contributed by atoms with Crippen LogP contribution in [0.25, 0.3) is 0 Å². The Morgan fingerprint density at radius 2 is 2.26 bits per heavy atom. The zero-order chi connectivity index (χ0) is 13.8. The molecule has 0 bridgehead atoms. The van der Waals surface area contributed by atoms with Gasteiger partial charge < -0.3 is 15.3 Å². The van der Waals surface area contributed by atoms with E-state index in [1.807, 2.05) is 0 Å². The van der Waals surface area contributed by atoms with Crippen molar-refractivity contribution in [3.05, 3.63) is 29.3 Å². The van der Waals surface area contributed by atoms with Gasteiger partial charge in [-0.15, -0.1) is 0 Å². The summed E-state index contributed by atoms with van der Waals surface area (Å²) in [6.45, 7) is 6.78. The van der Waals surface area contributed by atoms with Crippen LogP contribution < -0.4 is 10.2 Å². The maximum atomic E-state index is 11.0. The van der Waals surface area contributed by atoms with Gasteiger partial charge in [-0.1, -0.05) is 17.7 Å². The second-order valence-electron chi connectivity index (χ2n) is 5.29. The molecule has 1 atom stereocenters. The number of carbonyl (C=O) groups is 1. The number of carboxylic acid groups (broad SMARTS) is 1. The Labute approximate surface area is 114 Å². The number of anilines is 1. The van der Waals surface area contributed by atoms with Crippen LogP contribution in [-0.4, -0.2) is 36.8 Å². The lowest BCUT2D eigenvalue weighted by atomic mass is 10.1. The van der Waals surface area contributed by atoms with Crippen molar-refractivity contribution in [2.24, 2.45) is 0 Å². The molecular weight excluding hydrogens is 240 g/mol. The molecular formula is C15H22N2O2. The summed E-state index contributed by atoms with van der Waals surface area (Å²) in [4.78, 5) is 13.3. The summed E-state index contributed by atoms with van der Waals surface area (Å²) in [5.41, 5.74) is 3.63. The molecule has 0 saturated carbocycles. The second kappa shape index (κ2) is 6.06. The van der Waals surface area contributed by atoms with Gasteiger partial charge in [0.1, 0.15) is 0 Å². The molecule has 104 valence electrons. The fourth-order valence-corrected chi connectivity index (χ4v) is 2.76. The van der Waals surface area contributed by atoms with Gasteiger partial charge in [0.15, 0.2) is 0 Å². The van der Waals surface area contributed by atoms with Gasteiger partial charge in [0.05, 0.1) is 12.5 Å². The normalized spacial score (nSPS) is 20.1. The highest BCUT2D eigenvalue weighted by molar-refractivity contribution is 5.69. The lowest BCUT2D eigenvalue weighted by molar-refractivity contribution is -0.137. The van der Waals surface area contributed by atoms with Crippen molar-refractivity contribution in [3.63, 3.8) is 0 Å². The predicted octanol–water partition coefficient (Wildman–Crippen LogP) is 1.95. The van der Waals surface area contributed by atoms with Gasteiger partial charge in [0, 0.05) is 18.8 Å². The molecule has 0 spiro atoms. The molecule has 2 rings (SSSR count). The van der Waals surface area contributed by atoms with Gasteiger partial charge in [-0.05, 0) is 38.4 Å². The van der Waals surface area contributed by atoms with Crippen molar-refractivity contribution in [2.45, 2.75) is 32.7 Å². The third kappa shape index (κ3) is 3.47. The zero-order valence-corrected chi connectivity index (χ0v) is 11.6. The van der Waals surface area contributed by atoms with Crippen LogP contribution in [0.5, 0.6) is 0 Å². The van der Waals surface area contributed by atoms with Gasteiger partial charge in [0.25, 0.3) is 0 Å². The number of nitrogens with zero attached hydrogens (tertiary/aromatic N) is 1. The number of hydrogen-bond acceptors (Lipinski definition) is 3. The fourth-order valence-electron chi connectivity index (χ4n) is 2.76. The van der Waals surface area contributed by atoms with E-state index in [1.54, 1.807) is 0 Å². The number of aliphatic carboxylic acids is 1. The van der Waals surface area contributed by atoms with E-state index in [1.165, 1.54) is 16.8 Å². The summed E-state index contributed by atoms with van der Waals surface area (Å²) in [7, 11) is 0. The minimum atomic E-state index is -0.733. The minimum absolute atomic E-state index is 0.0291. The molecule has 4 heteroatoms. The number of aryl methyl sites for hydroxylation is 2. The largest absolute Gasteiger partial charge is 0.481 e. The fraction of sp³-hybridized carbons (Fsp3) is 0.533. The highest BCUT2D eigenvalue weighted by Gasteiger charge is 2.24. The van der Waals surface area contributed by atoms with Crippen LogP contribution in [0.1, 0.15) is 24.0 Å². The first-order valence-corrected chi connectivity index (χ1v) is 6.84. The molecule has 0 aliphatic carbocycles. The van der Waals surface area contributed by atoms with E-state index in [0.29, 0.717) is 0 Å². The molecule has 1 aromatic rings. The number of nitrogens with one attached hydrogen (secondary N) is 1. The van der Waals surface area contributed by atoms with Gasteiger partial charge in [-0.3, -0.25) is 4.79 Å². The topological polar surface area (TPSA) is 52.6 Å². The standard InChI is InChI=1S/C15H22N2O2/c1-11-4-5-14(12(2)8-11)17-7-3-6-16-10-13(17)9-15(18)19/h4-5,8,13,16H,3,6-7,9-10H2,1-2H3,(H,18,19). The van der Waals surface area contributed by atoms with Gasteiger partial charge in [0.2, 0.25) is 0 Å². The van der Waals surface area contributed by atoms with Crippen LogP contribution in [0.2, 0.25) is 0 Å². The SMILES string of the molecule is Cc1ccc(N2CCCNCC2CC(=O)O)c(C)c1. The Balaban J connectivity index is 2.28. The van der Waals surface area contributed by atoms with E-state index in [0.717, 1.165) is 26.1 Å². The van der Waals surface area contributed by atoms with E-state index in [-0.39, 0.29) is 12.5 Å². The van der Waals surface area contributed by atoms with E-state index in [4.69, 9.17) is 5.11 Å². The summed E-state index contributed by atoms with van der Waals surface area (Å²) >= 11 is 0. The lowest BCUT2D eigenvalue weighted by Crippen LogP contribution is -2.41. The highest BCUT2D eigenvalue weighted by atomic mass is 16.4. The molecule has 0 aromatic heterocycles. The van der Waals surface area contributed by atoms with Crippen LogP contribution in [0, 0.1) is 13.8 Å². The Morgan fingerprint density at radius 3 is 2.95 bits per heavy atom. The van der Waals surface area contributed by atoms with Crippen LogP contribution in [0.4, 0.5) is 5.69 Å². The smallest absolute Gasteiger partial charge is 0.305 e. The van der Waals surface area contributed by atoms with Crippen molar-refractivity contribution >= 4 is 11.7 Å². The van der Waals surface area contributed by atoms with E-state index < -0.39 is 5.97 Å². The molecule has 0 amide bonds. The molecule has 1 aliphatic rings. The summed E-state index contributed by atoms with van der Waals surface area (Å²) in [6, 6.07) is 6.40. The first-order chi connectivity index (χ1) is 9.08. The molecule has 1 fully saturated rings. The van der Waals surface area contributed by atoms with Crippen molar-refractivity contribution in [1.29, 1.82) is 0 Å². The van der Waals surface area contributed by atoms with E-state index in [2.05, 4.69) is 42.3 Å². The van der Waals surface area contributed by atoms with Gasteiger partial charge in [-0.25, -0.2) is 0 Å². The molecule has 0 radical (unpaired) electrons. The molecule has 1 aliphatic heterocycles. The minimum Gasteiger partial charge on any atom is -0.481 e. The lowest BCUT2D eigenvalue weighted by Gasteiger charge is -2.32. The van der Waals surface area contributed by atoms with E-state index >= 15 is 0 Å².